The van der Waals surface area contributed by atoms with E-state index in [9.17, 15) is 10.1 Å². The third-order valence-corrected chi connectivity index (χ3v) is 1.62. The first-order chi connectivity index (χ1) is 6.81. The maximum absolute atomic E-state index is 10.6. The lowest BCUT2D eigenvalue weighted by Gasteiger charge is -2.18. The summed E-state index contributed by atoms with van der Waals surface area (Å²) >= 11 is 0. The van der Waals surface area contributed by atoms with Gasteiger partial charge in [-0.1, -0.05) is 0 Å². The predicted octanol–water partition coefficient (Wildman–Crippen LogP) is 0.444. The number of nitrogens with two attached hydrogens (primary N) is 1. The monoisotopic (exact) mass is 214 g/mol. The van der Waals surface area contributed by atoms with Crippen molar-refractivity contribution in [1.29, 1.82) is 0 Å². The van der Waals surface area contributed by atoms with Crippen LogP contribution in [0.1, 0.15) is 13.8 Å². The van der Waals surface area contributed by atoms with Gasteiger partial charge in [-0.25, -0.2) is 0 Å². The van der Waals surface area contributed by atoms with Gasteiger partial charge in [-0.05, 0) is 23.8 Å². The minimum absolute atomic E-state index is 0.124. The van der Waals surface area contributed by atoms with Gasteiger partial charge in [-0.2, -0.15) is 0 Å². The number of aromatic nitrogens is 2. The highest BCUT2D eigenvalue weighted by Crippen LogP contribution is 2.24. The molecular weight excluding hydrogens is 200 g/mol. The second-order valence-electron chi connectivity index (χ2n) is 4.02. The molecule has 0 aliphatic rings. The molecule has 1 rings (SSSR count). The summed E-state index contributed by atoms with van der Waals surface area (Å²) < 4.78 is 6.72. The molecule has 0 saturated carbocycles. The maximum atomic E-state index is 10.6. The fourth-order valence-electron chi connectivity index (χ4n) is 0.953. The van der Waals surface area contributed by atoms with Crippen LogP contribution < -0.4 is 10.5 Å². The molecule has 0 radical (unpaired) electrons. The van der Waals surface area contributed by atoms with Gasteiger partial charge in [-0.3, -0.25) is 4.57 Å². The Bertz CT molecular complexity index is 366. The number of ether oxygens (including phenoxy) is 1. The van der Waals surface area contributed by atoms with Crippen LogP contribution in [0.3, 0.4) is 0 Å². The second-order valence-corrected chi connectivity index (χ2v) is 4.02. The number of nitro groups is 1. The summed E-state index contributed by atoms with van der Waals surface area (Å²) in [5.41, 5.74) is 5.16. The topological polar surface area (TPSA) is 96.2 Å². The van der Waals surface area contributed by atoms with Crippen LogP contribution in [0.15, 0.2) is 6.33 Å². The Kier molecular flexibility index (Phi) is 2.94. The molecule has 0 amide bonds. The average molecular weight is 214 g/mol. The summed E-state index contributed by atoms with van der Waals surface area (Å²) in [6, 6.07) is 0. The van der Waals surface area contributed by atoms with Gasteiger partial charge in [-0.15, -0.1) is 0 Å². The molecule has 0 unspecified atom stereocenters. The summed E-state index contributed by atoms with van der Waals surface area (Å²) in [6.07, 6.45) is 1.33. The van der Waals surface area contributed by atoms with E-state index in [1.54, 1.807) is 20.9 Å². The van der Waals surface area contributed by atoms with Crippen molar-refractivity contribution >= 4 is 5.82 Å². The van der Waals surface area contributed by atoms with Gasteiger partial charge in [0.25, 0.3) is 5.88 Å². The second kappa shape index (κ2) is 3.85. The van der Waals surface area contributed by atoms with Crippen LogP contribution in [0.4, 0.5) is 5.82 Å². The predicted molar refractivity (Wildman–Crippen MR) is 53.6 cm³/mol. The Morgan fingerprint density at radius 1 is 1.73 bits per heavy atom. The van der Waals surface area contributed by atoms with Gasteiger partial charge in [0.05, 0.1) is 0 Å². The molecule has 7 nitrogen and oxygen atoms in total. The summed E-state index contributed by atoms with van der Waals surface area (Å²) in [7, 11) is 1.62. The van der Waals surface area contributed by atoms with Crippen LogP contribution in [0.2, 0.25) is 0 Å². The normalized spacial score (nSPS) is 11.5. The summed E-state index contributed by atoms with van der Waals surface area (Å²) in [5, 5.41) is 10.6. The molecular formula is C8H14N4O3. The van der Waals surface area contributed by atoms with Crippen molar-refractivity contribution in [2.75, 3.05) is 6.61 Å². The minimum atomic E-state index is -0.584. The summed E-state index contributed by atoms with van der Waals surface area (Å²) in [4.78, 5) is 13.6. The van der Waals surface area contributed by atoms with Gasteiger partial charge < -0.3 is 20.6 Å². The van der Waals surface area contributed by atoms with Crippen LogP contribution in [0.5, 0.6) is 5.88 Å². The van der Waals surface area contributed by atoms with Crippen molar-refractivity contribution in [3.05, 3.63) is 16.4 Å². The molecule has 2 N–H and O–H groups in total. The number of nitrogens with zero attached hydrogens (tertiary/aromatic N) is 3. The molecule has 0 aliphatic carbocycles. The molecule has 1 heterocycles. The number of aryl methyl sites for hydroxylation is 1. The summed E-state index contributed by atoms with van der Waals surface area (Å²) in [5.74, 6) is -0.166. The highest BCUT2D eigenvalue weighted by molar-refractivity contribution is 5.33. The van der Waals surface area contributed by atoms with E-state index in [-0.39, 0.29) is 18.3 Å². The van der Waals surface area contributed by atoms with Crippen LogP contribution in [-0.2, 0) is 7.05 Å². The van der Waals surface area contributed by atoms with Crippen molar-refractivity contribution in [1.82, 2.24) is 9.55 Å². The minimum Gasteiger partial charge on any atom is -0.471 e. The number of imidazole rings is 1. The van der Waals surface area contributed by atoms with E-state index >= 15 is 0 Å². The van der Waals surface area contributed by atoms with Gasteiger partial charge in [0.15, 0.2) is 0 Å². The summed E-state index contributed by atoms with van der Waals surface area (Å²) in [6.45, 7) is 3.73. The number of rotatable bonds is 4. The van der Waals surface area contributed by atoms with Crippen molar-refractivity contribution in [2.24, 2.45) is 12.8 Å². The van der Waals surface area contributed by atoms with Gasteiger partial charge >= 0.3 is 5.82 Å². The van der Waals surface area contributed by atoms with Crippen molar-refractivity contribution < 1.29 is 9.66 Å². The molecule has 0 aliphatic heterocycles. The molecule has 0 fully saturated rings. The van der Waals surface area contributed by atoms with E-state index in [0.717, 1.165) is 0 Å². The standard InChI is InChI=1S/C8H14N4O3/c1-8(2,9)4-15-7-6(12(13)14)10-5-11(7)3/h5H,4,9H2,1-3H3. The Labute approximate surface area is 87.0 Å². The SMILES string of the molecule is Cn1cnc([N+](=O)[O-])c1OCC(C)(C)N. The molecule has 1 aromatic rings. The van der Waals surface area contributed by atoms with Crippen LogP contribution in [0, 0.1) is 10.1 Å². The Balaban J connectivity index is 2.84. The zero-order valence-electron chi connectivity index (χ0n) is 8.93. The first-order valence-electron chi connectivity index (χ1n) is 4.38. The Morgan fingerprint density at radius 2 is 2.33 bits per heavy atom. The van der Waals surface area contributed by atoms with E-state index in [2.05, 4.69) is 4.98 Å². The molecule has 0 aromatic carbocycles. The molecule has 0 spiro atoms. The van der Waals surface area contributed by atoms with Gasteiger partial charge in [0.1, 0.15) is 6.61 Å². The van der Waals surface area contributed by atoms with Gasteiger partial charge in [0, 0.05) is 12.6 Å². The van der Waals surface area contributed by atoms with Crippen molar-refractivity contribution in [3.63, 3.8) is 0 Å². The lowest BCUT2D eigenvalue weighted by molar-refractivity contribution is -0.390. The zero-order valence-corrected chi connectivity index (χ0v) is 8.93. The molecule has 0 atom stereocenters. The Hall–Kier alpha value is -1.63. The first-order valence-corrected chi connectivity index (χ1v) is 4.38. The molecule has 0 saturated heterocycles. The van der Waals surface area contributed by atoms with E-state index in [0.29, 0.717) is 0 Å². The molecule has 0 bridgehead atoms. The van der Waals surface area contributed by atoms with Crippen LogP contribution in [-0.4, -0.2) is 26.6 Å². The lowest BCUT2D eigenvalue weighted by atomic mass is 10.1. The molecule has 15 heavy (non-hydrogen) atoms. The van der Waals surface area contributed by atoms with E-state index in [1.165, 1.54) is 10.9 Å². The fraction of sp³-hybridized carbons (Fsp3) is 0.625. The Morgan fingerprint density at radius 3 is 2.80 bits per heavy atom. The first kappa shape index (κ1) is 11.4. The average Bonchev–Trinajstić information content (AvgIpc) is 2.42. The van der Waals surface area contributed by atoms with E-state index in [4.69, 9.17) is 10.5 Å². The highest BCUT2D eigenvalue weighted by atomic mass is 16.6. The quantitative estimate of drug-likeness (QED) is 0.579. The number of hydrogen-bond donors (Lipinski definition) is 1. The van der Waals surface area contributed by atoms with Crippen LogP contribution in [0.25, 0.3) is 0 Å². The van der Waals surface area contributed by atoms with Gasteiger partial charge in [0.2, 0.25) is 6.33 Å². The third kappa shape index (κ3) is 2.91. The van der Waals surface area contributed by atoms with Crippen molar-refractivity contribution in [2.45, 2.75) is 19.4 Å². The zero-order chi connectivity index (χ0) is 11.6. The smallest absolute Gasteiger partial charge is 0.426 e. The fourth-order valence-corrected chi connectivity index (χ4v) is 0.953. The molecule has 84 valence electrons. The number of hydrogen-bond acceptors (Lipinski definition) is 5. The third-order valence-electron chi connectivity index (χ3n) is 1.62. The van der Waals surface area contributed by atoms with E-state index < -0.39 is 10.5 Å². The molecule has 1 aromatic heterocycles. The highest BCUT2D eigenvalue weighted by Gasteiger charge is 2.23. The largest absolute Gasteiger partial charge is 0.471 e. The van der Waals surface area contributed by atoms with E-state index in [1.807, 2.05) is 0 Å². The maximum Gasteiger partial charge on any atom is 0.426 e. The van der Waals surface area contributed by atoms with Crippen LogP contribution >= 0.6 is 0 Å². The molecule has 7 heteroatoms. The van der Waals surface area contributed by atoms with Crippen molar-refractivity contribution in [3.8, 4) is 5.88 Å². The lowest BCUT2D eigenvalue weighted by Crippen LogP contribution is -2.39.